The summed E-state index contributed by atoms with van der Waals surface area (Å²) in [6.45, 7) is 1.46. The van der Waals surface area contributed by atoms with Gasteiger partial charge in [-0.3, -0.25) is 0 Å². The molecule has 0 unspecified atom stereocenters. The van der Waals surface area contributed by atoms with E-state index in [9.17, 15) is 0 Å². The van der Waals surface area contributed by atoms with Crippen molar-refractivity contribution in [2.75, 3.05) is 18.5 Å². The quantitative estimate of drug-likeness (QED) is 0.802. The molecule has 0 saturated carbocycles. The summed E-state index contributed by atoms with van der Waals surface area (Å²) in [5.74, 6) is 0. The molecule has 0 atom stereocenters. The SMILES string of the molecule is OCc1ccc(Cl)cc1NC1COC1. The largest absolute Gasteiger partial charge is 0.392 e. The minimum Gasteiger partial charge on any atom is -0.392 e. The van der Waals surface area contributed by atoms with Crippen molar-refractivity contribution in [3.8, 4) is 0 Å². The van der Waals surface area contributed by atoms with Gasteiger partial charge in [0, 0.05) is 16.3 Å². The molecule has 14 heavy (non-hydrogen) atoms. The van der Waals surface area contributed by atoms with Crippen LogP contribution in [0.3, 0.4) is 0 Å². The number of halogens is 1. The fraction of sp³-hybridized carbons (Fsp3) is 0.400. The average molecular weight is 214 g/mol. The van der Waals surface area contributed by atoms with Crippen LogP contribution >= 0.6 is 11.6 Å². The summed E-state index contributed by atoms with van der Waals surface area (Å²) in [7, 11) is 0. The average Bonchev–Trinajstić information content (AvgIpc) is 2.12. The Morgan fingerprint density at radius 2 is 2.29 bits per heavy atom. The molecule has 2 N–H and O–H groups in total. The second-order valence-corrected chi connectivity index (χ2v) is 3.77. The Balaban J connectivity index is 2.15. The first-order valence-corrected chi connectivity index (χ1v) is 4.91. The summed E-state index contributed by atoms with van der Waals surface area (Å²) in [6.07, 6.45) is 0. The summed E-state index contributed by atoms with van der Waals surface area (Å²) in [4.78, 5) is 0. The molecule has 0 radical (unpaired) electrons. The molecule has 0 aliphatic carbocycles. The fourth-order valence-corrected chi connectivity index (χ4v) is 1.53. The fourth-order valence-electron chi connectivity index (χ4n) is 1.36. The minimum absolute atomic E-state index is 0.0209. The number of ether oxygens (including phenoxy) is 1. The highest BCUT2D eigenvalue weighted by Gasteiger charge is 2.18. The van der Waals surface area contributed by atoms with Gasteiger partial charge in [0.2, 0.25) is 0 Å². The van der Waals surface area contributed by atoms with E-state index >= 15 is 0 Å². The van der Waals surface area contributed by atoms with Crippen LogP contribution in [0, 0.1) is 0 Å². The molecule has 0 amide bonds. The minimum atomic E-state index is 0.0209. The molecule has 1 saturated heterocycles. The number of benzene rings is 1. The van der Waals surface area contributed by atoms with Crippen LogP contribution in [0.1, 0.15) is 5.56 Å². The maximum Gasteiger partial charge on any atom is 0.0728 e. The van der Waals surface area contributed by atoms with Gasteiger partial charge in [-0.25, -0.2) is 0 Å². The Bertz CT molecular complexity index is 326. The van der Waals surface area contributed by atoms with E-state index in [0.29, 0.717) is 11.1 Å². The van der Waals surface area contributed by atoms with Gasteiger partial charge in [-0.05, 0) is 12.1 Å². The molecule has 1 aliphatic heterocycles. The van der Waals surface area contributed by atoms with E-state index in [1.807, 2.05) is 12.1 Å². The molecule has 3 nitrogen and oxygen atoms in total. The van der Waals surface area contributed by atoms with Crippen molar-refractivity contribution in [1.29, 1.82) is 0 Å². The molecule has 0 spiro atoms. The van der Waals surface area contributed by atoms with Crippen molar-refractivity contribution in [2.24, 2.45) is 0 Å². The maximum absolute atomic E-state index is 9.10. The number of aliphatic hydroxyl groups excluding tert-OH is 1. The van der Waals surface area contributed by atoms with Crippen LogP contribution in [0.5, 0.6) is 0 Å². The number of rotatable bonds is 3. The van der Waals surface area contributed by atoms with Crippen molar-refractivity contribution in [3.05, 3.63) is 28.8 Å². The van der Waals surface area contributed by atoms with Gasteiger partial charge in [0.1, 0.15) is 0 Å². The van der Waals surface area contributed by atoms with Crippen LogP contribution in [0.25, 0.3) is 0 Å². The third kappa shape index (κ3) is 2.00. The molecular formula is C10H12ClNO2. The van der Waals surface area contributed by atoms with Gasteiger partial charge in [0.05, 0.1) is 25.9 Å². The first kappa shape index (κ1) is 9.77. The smallest absolute Gasteiger partial charge is 0.0728 e. The zero-order valence-electron chi connectivity index (χ0n) is 7.66. The van der Waals surface area contributed by atoms with Crippen LogP contribution in [-0.4, -0.2) is 24.4 Å². The lowest BCUT2D eigenvalue weighted by molar-refractivity contribution is 0.0210. The number of aliphatic hydroxyl groups is 1. The van der Waals surface area contributed by atoms with Gasteiger partial charge >= 0.3 is 0 Å². The van der Waals surface area contributed by atoms with Gasteiger partial charge in [0.15, 0.2) is 0 Å². The molecule has 2 rings (SSSR count). The topological polar surface area (TPSA) is 41.5 Å². The van der Waals surface area contributed by atoms with Crippen LogP contribution in [0.2, 0.25) is 5.02 Å². The third-order valence-electron chi connectivity index (χ3n) is 2.24. The Morgan fingerprint density at radius 3 is 2.86 bits per heavy atom. The number of anilines is 1. The lowest BCUT2D eigenvalue weighted by Gasteiger charge is -2.28. The lowest BCUT2D eigenvalue weighted by atomic mass is 10.1. The molecule has 1 fully saturated rings. The van der Waals surface area contributed by atoms with Crippen LogP contribution < -0.4 is 5.32 Å². The first-order chi connectivity index (χ1) is 6.79. The third-order valence-corrected chi connectivity index (χ3v) is 2.48. The van der Waals surface area contributed by atoms with E-state index in [4.69, 9.17) is 21.4 Å². The Hall–Kier alpha value is -0.770. The Morgan fingerprint density at radius 1 is 1.50 bits per heavy atom. The van der Waals surface area contributed by atoms with Crippen molar-refractivity contribution in [3.63, 3.8) is 0 Å². The standard InChI is InChI=1S/C10H12ClNO2/c11-8-2-1-7(4-13)10(3-8)12-9-5-14-6-9/h1-3,9,12-13H,4-6H2. The molecule has 0 bridgehead atoms. The molecule has 1 aromatic carbocycles. The summed E-state index contributed by atoms with van der Waals surface area (Å²) < 4.78 is 5.05. The number of hydrogen-bond acceptors (Lipinski definition) is 3. The van der Waals surface area contributed by atoms with Gasteiger partial charge in [-0.15, -0.1) is 0 Å². The Labute approximate surface area is 87.6 Å². The summed E-state index contributed by atoms with van der Waals surface area (Å²) in [6, 6.07) is 5.77. The van der Waals surface area contributed by atoms with E-state index in [0.717, 1.165) is 24.5 Å². The van der Waals surface area contributed by atoms with E-state index in [2.05, 4.69) is 5.32 Å². The highest BCUT2D eigenvalue weighted by molar-refractivity contribution is 6.30. The van der Waals surface area contributed by atoms with Crippen molar-refractivity contribution >= 4 is 17.3 Å². The molecule has 1 aliphatic rings. The summed E-state index contributed by atoms with van der Waals surface area (Å²) in [5.41, 5.74) is 1.76. The van der Waals surface area contributed by atoms with Crippen LogP contribution in [-0.2, 0) is 11.3 Å². The van der Waals surface area contributed by atoms with Gasteiger partial charge in [0.25, 0.3) is 0 Å². The van der Waals surface area contributed by atoms with E-state index in [1.54, 1.807) is 6.07 Å². The van der Waals surface area contributed by atoms with Gasteiger partial charge < -0.3 is 15.2 Å². The van der Waals surface area contributed by atoms with E-state index in [1.165, 1.54) is 0 Å². The number of nitrogens with one attached hydrogen (secondary N) is 1. The molecule has 1 aromatic rings. The van der Waals surface area contributed by atoms with Gasteiger partial charge in [-0.1, -0.05) is 17.7 Å². The van der Waals surface area contributed by atoms with E-state index < -0.39 is 0 Å². The zero-order valence-corrected chi connectivity index (χ0v) is 8.42. The van der Waals surface area contributed by atoms with Crippen molar-refractivity contribution in [1.82, 2.24) is 0 Å². The normalized spacial score (nSPS) is 16.4. The second kappa shape index (κ2) is 4.17. The lowest BCUT2D eigenvalue weighted by Crippen LogP contribution is -2.40. The predicted molar refractivity (Wildman–Crippen MR) is 55.6 cm³/mol. The van der Waals surface area contributed by atoms with Crippen LogP contribution in [0.4, 0.5) is 5.69 Å². The zero-order chi connectivity index (χ0) is 9.97. The second-order valence-electron chi connectivity index (χ2n) is 3.34. The first-order valence-electron chi connectivity index (χ1n) is 4.53. The molecule has 4 heteroatoms. The highest BCUT2D eigenvalue weighted by atomic mass is 35.5. The van der Waals surface area contributed by atoms with Gasteiger partial charge in [-0.2, -0.15) is 0 Å². The van der Waals surface area contributed by atoms with Crippen molar-refractivity contribution < 1.29 is 9.84 Å². The maximum atomic E-state index is 9.10. The Kier molecular flexibility index (Phi) is 2.91. The molecule has 0 aromatic heterocycles. The van der Waals surface area contributed by atoms with E-state index in [-0.39, 0.29) is 6.61 Å². The molecule has 1 heterocycles. The summed E-state index contributed by atoms with van der Waals surface area (Å²) in [5, 5.41) is 13.0. The molecular weight excluding hydrogens is 202 g/mol. The number of hydrogen-bond donors (Lipinski definition) is 2. The van der Waals surface area contributed by atoms with Crippen molar-refractivity contribution in [2.45, 2.75) is 12.6 Å². The predicted octanol–water partition coefficient (Wildman–Crippen LogP) is 1.64. The molecule has 76 valence electrons. The highest BCUT2D eigenvalue weighted by Crippen LogP contribution is 2.23. The monoisotopic (exact) mass is 213 g/mol. The summed E-state index contributed by atoms with van der Waals surface area (Å²) >= 11 is 5.87. The van der Waals surface area contributed by atoms with Crippen LogP contribution in [0.15, 0.2) is 18.2 Å².